The maximum Gasteiger partial charge on any atom is 0.251 e. The highest BCUT2D eigenvalue weighted by molar-refractivity contribution is 9.10. The molecule has 0 saturated carbocycles. The molecule has 20 heavy (non-hydrogen) atoms. The molecule has 3 rings (SSSR count). The van der Waals surface area contributed by atoms with Crippen LogP contribution in [0.1, 0.15) is 11.6 Å². The van der Waals surface area contributed by atoms with Crippen LogP contribution in [0.5, 0.6) is 0 Å². The summed E-state index contributed by atoms with van der Waals surface area (Å²) in [6.45, 7) is 0. The summed E-state index contributed by atoms with van der Waals surface area (Å²) in [5.74, 6) is -0.107. The van der Waals surface area contributed by atoms with Crippen LogP contribution < -0.4 is 10.6 Å². The third-order valence-electron chi connectivity index (χ3n) is 3.08. The van der Waals surface area contributed by atoms with Gasteiger partial charge in [-0.25, -0.2) is 0 Å². The molecule has 0 aromatic heterocycles. The summed E-state index contributed by atoms with van der Waals surface area (Å²) < 4.78 is 0.918. The minimum atomic E-state index is -0.461. The largest absolute Gasteiger partial charge is 0.369 e. The molecule has 2 aromatic rings. The third-order valence-corrected chi connectivity index (χ3v) is 4.12. The molecular weight excluding hydrogens is 363 g/mol. The maximum absolute atomic E-state index is 12.1. The first-order valence-electron chi connectivity index (χ1n) is 5.86. The van der Waals surface area contributed by atoms with Gasteiger partial charge in [0.05, 0.1) is 10.7 Å². The van der Waals surface area contributed by atoms with E-state index in [0.717, 1.165) is 15.7 Å². The van der Waals surface area contributed by atoms with Crippen LogP contribution in [0.15, 0.2) is 40.9 Å². The Morgan fingerprint density at radius 3 is 2.70 bits per heavy atom. The Balaban J connectivity index is 1.94. The molecule has 102 valence electrons. The predicted molar refractivity (Wildman–Crippen MR) is 85.6 cm³/mol. The molecule has 1 unspecified atom stereocenters. The lowest BCUT2D eigenvalue weighted by molar-refractivity contribution is -0.116. The van der Waals surface area contributed by atoms with E-state index in [1.54, 1.807) is 18.2 Å². The third kappa shape index (κ3) is 2.51. The number of rotatable bonds is 2. The molecule has 1 aliphatic rings. The van der Waals surface area contributed by atoms with Crippen molar-refractivity contribution in [2.24, 2.45) is 0 Å². The summed E-state index contributed by atoms with van der Waals surface area (Å²) in [6.07, 6.45) is 0. The first-order chi connectivity index (χ1) is 9.54. The molecule has 1 amide bonds. The second-order valence-corrected chi connectivity index (χ2v) is 6.18. The summed E-state index contributed by atoms with van der Waals surface area (Å²) in [6, 6.07) is 10.3. The number of hydrogen-bond donors (Lipinski definition) is 2. The zero-order valence-corrected chi connectivity index (χ0v) is 13.2. The first kappa shape index (κ1) is 13.7. The van der Waals surface area contributed by atoms with Crippen LogP contribution in [0, 0.1) is 0 Å². The van der Waals surface area contributed by atoms with Crippen molar-refractivity contribution < 1.29 is 4.79 Å². The predicted octanol–water partition coefficient (Wildman–Crippen LogP) is 4.86. The number of benzene rings is 2. The van der Waals surface area contributed by atoms with E-state index in [1.165, 1.54) is 0 Å². The van der Waals surface area contributed by atoms with E-state index in [4.69, 9.17) is 23.2 Å². The minimum Gasteiger partial charge on any atom is -0.369 e. The van der Waals surface area contributed by atoms with E-state index in [1.807, 2.05) is 18.2 Å². The second kappa shape index (κ2) is 5.28. The van der Waals surface area contributed by atoms with E-state index in [0.29, 0.717) is 15.7 Å². The highest BCUT2D eigenvalue weighted by Gasteiger charge is 2.30. The van der Waals surface area contributed by atoms with Crippen molar-refractivity contribution in [1.82, 2.24) is 0 Å². The van der Waals surface area contributed by atoms with Gasteiger partial charge in [0.2, 0.25) is 0 Å². The smallest absolute Gasteiger partial charge is 0.251 e. The molecule has 6 heteroatoms. The number of nitrogens with one attached hydrogen (secondary N) is 2. The molecule has 2 aromatic carbocycles. The molecule has 1 aliphatic heterocycles. The standard InChI is InChI=1S/C14H9BrCl2N2O/c15-7-1-3-9-12(5-7)19-14(20)13(9)18-11-4-2-8(16)6-10(11)17/h1-6,13,18H,(H,19,20). The van der Waals surface area contributed by atoms with Gasteiger partial charge in [-0.15, -0.1) is 0 Å². The van der Waals surface area contributed by atoms with Crippen molar-refractivity contribution in [2.45, 2.75) is 6.04 Å². The Bertz CT molecular complexity index is 706. The van der Waals surface area contributed by atoms with Gasteiger partial charge in [-0.05, 0) is 30.3 Å². The van der Waals surface area contributed by atoms with Gasteiger partial charge in [0.1, 0.15) is 6.04 Å². The van der Waals surface area contributed by atoms with Crippen molar-refractivity contribution in [3.63, 3.8) is 0 Å². The van der Waals surface area contributed by atoms with Gasteiger partial charge in [0, 0.05) is 20.7 Å². The lowest BCUT2D eigenvalue weighted by Crippen LogP contribution is -2.19. The van der Waals surface area contributed by atoms with Crippen molar-refractivity contribution in [3.05, 3.63) is 56.5 Å². The summed E-state index contributed by atoms with van der Waals surface area (Å²) in [7, 11) is 0. The lowest BCUT2D eigenvalue weighted by atomic mass is 10.1. The average Bonchev–Trinajstić information content (AvgIpc) is 2.68. The van der Waals surface area contributed by atoms with Crippen molar-refractivity contribution in [3.8, 4) is 0 Å². The molecule has 0 aliphatic carbocycles. The lowest BCUT2D eigenvalue weighted by Gasteiger charge is -2.14. The fraction of sp³-hybridized carbons (Fsp3) is 0.0714. The van der Waals surface area contributed by atoms with Crippen LogP contribution in [0.2, 0.25) is 10.0 Å². The average molecular weight is 372 g/mol. The van der Waals surface area contributed by atoms with Crippen molar-refractivity contribution in [1.29, 1.82) is 0 Å². The normalized spacial score (nSPS) is 16.8. The molecule has 0 spiro atoms. The SMILES string of the molecule is O=C1Nc2cc(Br)ccc2C1Nc1ccc(Cl)cc1Cl. The number of carbonyl (C=O) groups is 1. The van der Waals surface area contributed by atoms with Crippen LogP contribution in [0.25, 0.3) is 0 Å². The summed E-state index contributed by atoms with van der Waals surface area (Å²) in [5, 5.41) is 7.02. The summed E-state index contributed by atoms with van der Waals surface area (Å²) >= 11 is 15.4. The summed E-state index contributed by atoms with van der Waals surface area (Å²) in [5.41, 5.74) is 2.36. The number of hydrogen-bond acceptors (Lipinski definition) is 2. The zero-order chi connectivity index (χ0) is 14.3. The minimum absolute atomic E-state index is 0.107. The summed E-state index contributed by atoms with van der Waals surface area (Å²) in [4.78, 5) is 12.1. The van der Waals surface area contributed by atoms with Crippen molar-refractivity contribution in [2.75, 3.05) is 10.6 Å². The molecule has 0 bridgehead atoms. The second-order valence-electron chi connectivity index (χ2n) is 4.42. The molecule has 1 atom stereocenters. The fourth-order valence-corrected chi connectivity index (χ4v) is 2.96. The van der Waals surface area contributed by atoms with E-state index in [-0.39, 0.29) is 5.91 Å². The Kier molecular flexibility index (Phi) is 3.63. The molecule has 3 nitrogen and oxygen atoms in total. The van der Waals surface area contributed by atoms with Crippen LogP contribution in [-0.2, 0) is 4.79 Å². The Hall–Kier alpha value is -1.23. The molecule has 0 fully saturated rings. The Morgan fingerprint density at radius 2 is 1.95 bits per heavy atom. The van der Waals surface area contributed by atoms with Gasteiger partial charge in [-0.2, -0.15) is 0 Å². The number of halogens is 3. The topological polar surface area (TPSA) is 41.1 Å². The van der Waals surface area contributed by atoms with Gasteiger partial charge in [-0.1, -0.05) is 45.2 Å². The van der Waals surface area contributed by atoms with Gasteiger partial charge < -0.3 is 10.6 Å². The van der Waals surface area contributed by atoms with Crippen LogP contribution >= 0.6 is 39.1 Å². The van der Waals surface area contributed by atoms with Crippen molar-refractivity contribution >= 4 is 56.4 Å². The first-order valence-corrected chi connectivity index (χ1v) is 7.41. The number of anilines is 2. The molecule has 1 heterocycles. The van der Waals surface area contributed by atoms with Crippen LogP contribution in [0.4, 0.5) is 11.4 Å². The van der Waals surface area contributed by atoms with Gasteiger partial charge in [-0.3, -0.25) is 4.79 Å². The molecular formula is C14H9BrCl2N2O. The van der Waals surface area contributed by atoms with Crippen LogP contribution in [-0.4, -0.2) is 5.91 Å². The highest BCUT2D eigenvalue weighted by Crippen LogP contribution is 2.36. The van der Waals surface area contributed by atoms with E-state index in [2.05, 4.69) is 26.6 Å². The van der Waals surface area contributed by atoms with Gasteiger partial charge >= 0.3 is 0 Å². The quantitative estimate of drug-likeness (QED) is 0.791. The number of carbonyl (C=O) groups excluding carboxylic acids is 1. The fourth-order valence-electron chi connectivity index (χ4n) is 2.14. The van der Waals surface area contributed by atoms with Crippen LogP contribution in [0.3, 0.4) is 0 Å². The monoisotopic (exact) mass is 370 g/mol. The number of fused-ring (bicyclic) bond motifs is 1. The van der Waals surface area contributed by atoms with E-state index in [9.17, 15) is 4.79 Å². The van der Waals surface area contributed by atoms with E-state index < -0.39 is 6.04 Å². The van der Waals surface area contributed by atoms with Gasteiger partial charge in [0.25, 0.3) is 5.91 Å². The Labute approximate surface area is 134 Å². The molecule has 0 radical (unpaired) electrons. The van der Waals surface area contributed by atoms with Gasteiger partial charge in [0.15, 0.2) is 0 Å². The maximum atomic E-state index is 12.1. The Morgan fingerprint density at radius 1 is 1.15 bits per heavy atom. The highest BCUT2D eigenvalue weighted by atomic mass is 79.9. The molecule has 0 saturated heterocycles. The van der Waals surface area contributed by atoms with E-state index >= 15 is 0 Å². The molecule has 2 N–H and O–H groups in total. The number of amides is 1. The zero-order valence-electron chi connectivity index (χ0n) is 10.1.